The van der Waals surface area contributed by atoms with Crippen molar-refractivity contribution in [3.8, 4) is 17.6 Å². The van der Waals surface area contributed by atoms with Crippen LogP contribution in [0.5, 0.6) is 0 Å². The van der Waals surface area contributed by atoms with Crippen LogP contribution in [0.2, 0.25) is 0 Å². The molecule has 46 heavy (non-hydrogen) atoms. The van der Waals surface area contributed by atoms with Gasteiger partial charge in [0.2, 0.25) is 0 Å². The SMILES string of the molecule is C/C=C(\C=C/Cc1ccc(C#N)cc1)c1cccc(-n2c3ccccc3c3ccc4c5ccccc5n(-c5ccccc5)c4c32)n1. The predicted octanol–water partition coefficient (Wildman–Crippen LogP) is 10.3. The number of nitriles is 1. The highest BCUT2D eigenvalue weighted by molar-refractivity contribution is 6.23. The Balaban J connectivity index is 1.33. The van der Waals surface area contributed by atoms with E-state index in [1.165, 1.54) is 32.6 Å². The Morgan fingerprint density at radius 3 is 1.96 bits per heavy atom. The zero-order valence-electron chi connectivity index (χ0n) is 25.4. The number of nitrogens with zero attached hydrogens (tertiary/aromatic N) is 4. The first-order chi connectivity index (χ1) is 22.7. The molecular formula is C42H30N4. The Morgan fingerprint density at radius 2 is 1.28 bits per heavy atom. The minimum Gasteiger partial charge on any atom is -0.307 e. The third-order valence-electron chi connectivity index (χ3n) is 8.79. The topological polar surface area (TPSA) is 46.5 Å². The second-order valence-electron chi connectivity index (χ2n) is 11.4. The van der Waals surface area contributed by atoms with E-state index in [1.54, 1.807) is 0 Å². The van der Waals surface area contributed by atoms with Gasteiger partial charge in [0.15, 0.2) is 0 Å². The molecule has 0 spiro atoms. The average Bonchev–Trinajstić information content (AvgIpc) is 3.64. The fourth-order valence-corrected chi connectivity index (χ4v) is 6.66. The summed E-state index contributed by atoms with van der Waals surface area (Å²) in [4.78, 5) is 5.30. The standard InChI is InChI=1S/C42H30N4/c1-2-31(13-10-12-29-22-24-30(28-43)25-23-29)37-18-11-21-40(44-37)46-39-20-9-7-17-34(39)36-27-26-35-33-16-6-8-19-38(33)45(41(35)42(36)46)32-14-4-3-5-15-32/h2-11,13-27H,12H2,1H3/b13-10-,31-2+. The van der Waals surface area contributed by atoms with E-state index >= 15 is 0 Å². The summed E-state index contributed by atoms with van der Waals surface area (Å²) in [5.74, 6) is 0.876. The highest BCUT2D eigenvalue weighted by Crippen LogP contribution is 2.41. The minimum atomic E-state index is 0.675. The molecule has 0 fully saturated rings. The Hall–Kier alpha value is -6.18. The summed E-state index contributed by atoms with van der Waals surface area (Å²) in [6.07, 6.45) is 7.19. The summed E-state index contributed by atoms with van der Waals surface area (Å²) in [6.45, 7) is 2.05. The fourth-order valence-electron chi connectivity index (χ4n) is 6.66. The van der Waals surface area contributed by atoms with E-state index in [2.05, 4.69) is 150 Å². The van der Waals surface area contributed by atoms with Crippen molar-refractivity contribution in [2.24, 2.45) is 0 Å². The minimum absolute atomic E-state index is 0.675. The van der Waals surface area contributed by atoms with Crippen LogP contribution < -0.4 is 0 Å². The van der Waals surface area contributed by atoms with E-state index in [0.29, 0.717) is 5.56 Å². The Bertz CT molecular complexity index is 2500. The highest BCUT2D eigenvalue weighted by Gasteiger charge is 2.21. The summed E-state index contributed by atoms with van der Waals surface area (Å²) < 4.78 is 4.73. The molecule has 8 rings (SSSR count). The zero-order chi connectivity index (χ0) is 31.0. The molecule has 218 valence electrons. The Morgan fingerprint density at radius 1 is 0.652 bits per heavy atom. The van der Waals surface area contributed by atoms with E-state index in [0.717, 1.165) is 45.8 Å². The molecule has 0 aliphatic rings. The number of pyridine rings is 1. The first-order valence-electron chi connectivity index (χ1n) is 15.6. The number of benzene rings is 5. The maximum absolute atomic E-state index is 9.11. The van der Waals surface area contributed by atoms with Gasteiger partial charge in [-0.25, -0.2) is 4.98 Å². The maximum atomic E-state index is 9.11. The molecule has 3 aromatic heterocycles. The predicted molar refractivity (Wildman–Crippen MR) is 191 cm³/mol. The molecule has 0 saturated heterocycles. The van der Waals surface area contributed by atoms with Crippen molar-refractivity contribution < 1.29 is 0 Å². The normalized spacial score (nSPS) is 12.1. The molecule has 5 aromatic carbocycles. The average molecular weight is 591 g/mol. The summed E-state index contributed by atoms with van der Waals surface area (Å²) in [7, 11) is 0. The molecule has 0 aliphatic heterocycles. The van der Waals surface area contributed by atoms with Crippen molar-refractivity contribution in [2.75, 3.05) is 0 Å². The lowest BCUT2D eigenvalue weighted by molar-refractivity contribution is 1.07. The quantitative estimate of drug-likeness (QED) is 0.181. The van der Waals surface area contributed by atoms with E-state index in [-0.39, 0.29) is 0 Å². The summed E-state index contributed by atoms with van der Waals surface area (Å²) in [5, 5.41) is 14.0. The van der Waals surface area contributed by atoms with Gasteiger partial charge in [-0.15, -0.1) is 0 Å². The van der Waals surface area contributed by atoms with E-state index in [4.69, 9.17) is 10.2 Å². The van der Waals surface area contributed by atoms with Crippen LogP contribution in [0.3, 0.4) is 0 Å². The van der Waals surface area contributed by atoms with Crippen molar-refractivity contribution in [1.29, 1.82) is 5.26 Å². The number of aromatic nitrogens is 3. The maximum Gasteiger partial charge on any atom is 0.138 e. The van der Waals surface area contributed by atoms with Gasteiger partial charge >= 0.3 is 0 Å². The van der Waals surface area contributed by atoms with Gasteiger partial charge in [0.25, 0.3) is 0 Å². The monoisotopic (exact) mass is 590 g/mol. The van der Waals surface area contributed by atoms with Crippen LogP contribution in [0.4, 0.5) is 0 Å². The first-order valence-corrected chi connectivity index (χ1v) is 15.6. The smallest absolute Gasteiger partial charge is 0.138 e. The van der Waals surface area contributed by atoms with Crippen molar-refractivity contribution in [3.63, 3.8) is 0 Å². The molecule has 0 N–H and O–H groups in total. The summed E-state index contributed by atoms with van der Waals surface area (Å²) in [6, 6.07) is 48.7. The third kappa shape index (κ3) is 4.49. The molecule has 4 nitrogen and oxygen atoms in total. The van der Waals surface area contributed by atoms with Gasteiger partial charge in [0.05, 0.1) is 39.4 Å². The molecular weight excluding hydrogens is 560 g/mol. The molecule has 8 aromatic rings. The lowest BCUT2D eigenvalue weighted by Gasteiger charge is -2.13. The van der Waals surface area contributed by atoms with Crippen LogP contribution in [-0.2, 0) is 6.42 Å². The number of para-hydroxylation sites is 3. The van der Waals surface area contributed by atoms with Crippen molar-refractivity contribution in [2.45, 2.75) is 13.3 Å². The number of allylic oxidation sites excluding steroid dienone is 4. The van der Waals surface area contributed by atoms with Crippen LogP contribution in [0.15, 0.2) is 152 Å². The fraction of sp³-hybridized carbons (Fsp3) is 0.0476. The summed E-state index contributed by atoms with van der Waals surface area (Å²) in [5.41, 5.74) is 9.55. The molecule has 0 atom stereocenters. The van der Waals surface area contributed by atoms with Gasteiger partial charge in [-0.05, 0) is 73.0 Å². The van der Waals surface area contributed by atoms with Crippen LogP contribution in [0.1, 0.15) is 23.7 Å². The molecule has 0 bridgehead atoms. The lowest BCUT2D eigenvalue weighted by Crippen LogP contribution is -2.02. The van der Waals surface area contributed by atoms with E-state index in [1.807, 2.05) is 24.3 Å². The third-order valence-corrected chi connectivity index (χ3v) is 8.79. The van der Waals surface area contributed by atoms with Crippen LogP contribution in [0, 0.1) is 11.3 Å². The molecule has 4 heteroatoms. The first kappa shape index (κ1) is 27.4. The molecule has 0 saturated carbocycles. The molecule has 0 amide bonds. The number of rotatable bonds is 6. The Kier molecular flexibility index (Phi) is 6.78. The highest BCUT2D eigenvalue weighted by atomic mass is 15.1. The molecule has 0 unspecified atom stereocenters. The van der Waals surface area contributed by atoms with Gasteiger partial charge in [-0.3, -0.25) is 4.57 Å². The van der Waals surface area contributed by atoms with Crippen molar-refractivity contribution >= 4 is 49.2 Å². The van der Waals surface area contributed by atoms with Gasteiger partial charge in [-0.1, -0.05) is 103 Å². The largest absolute Gasteiger partial charge is 0.307 e. The Labute approximate surface area is 267 Å². The van der Waals surface area contributed by atoms with Crippen LogP contribution >= 0.6 is 0 Å². The lowest BCUT2D eigenvalue weighted by atomic mass is 10.1. The van der Waals surface area contributed by atoms with Gasteiger partial charge in [0, 0.05) is 27.2 Å². The number of hydrogen-bond acceptors (Lipinski definition) is 2. The summed E-state index contributed by atoms with van der Waals surface area (Å²) >= 11 is 0. The van der Waals surface area contributed by atoms with Crippen LogP contribution in [0.25, 0.3) is 60.7 Å². The van der Waals surface area contributed by atoms with Crippen molar-refractivity contribution in [1.82, 2.24) is 14.1 Å². The van der Waals surface area contributed by atoms with Crippen molar-refractivity contribution in [3.05, 3.63) is 169 Å². The number of hydrogen-bond donors (Lipinski definition) is 0. The zero-order valence-corrected chi connectivity index (χ0v) is 25.4. The molecule has 0 aliphatic carbocycles. The van der Waals surface area contributed by atoms with Gasteiger partial charge in [0.1, 0.15) is 5.82 Å². The number of fused-ring (bicyclic) bond motifs is 7. The molecule has 3 heterocycles. The second kappa shape index (κ2) is 11.4. The van der Waals surface area contributed by atoms with E-state index < -0.39 is 0 Å². The van der Waals surface area contributed by atoms with E-state index in [9.17, 15) is 0 Å². The van der Waals surface area contributed by atoms with Gasteiger partial charge < -0.3 is 4.57 Å². The second-order valence-corrected chi connectivity index (χ2v) is 11.4. The van der Waals surface area contributed by atoms with Gasteiger partial charge in [-0.2, -0.15) is 5.26 Å². The van der Waals surface area contributed by atoms with Crippen LogP contribution in [-0.4, -0.2) is 14.1 Å². The molecule has 0 radical (unpaired) electrons.